The Morgan fingerprint density at radius 2 is 2.18 bits per heavy atom. The normalized spacial score (nSPS) is 19.8. The molecular formula is C11H13FN2O3. The molecule has 1 aliphatic carbocycles. The first kappa shape index (κ1) is 11.8. The zero-order chi connectivity index (χ0) is 12.4. The Morgan fingerprint density at radius 3 is 2.82 bits per heavy atom. The average molecular weight is 240 g/mol. The predicted octanol–water partition coefficient (Wildman–Crippen LogP) is 0.435. The number of nitrogens with one attached hydrogen (secondary N) is 1. The molecule has 0 aromatic carbocycles. The van der Waals surface area contributed by atoms with Crippen LogP contribution in [0.2, 0.25) is 0 Å². The van der Waals surface area contributed by atoms with E-state index in [9.17, 15) is 18.8 Å². The van der Waals surface area contributed by atoms with Gasteiger partial charge in [0.05, 0.1) is 6.20 Å². The topological polar surface area (TPSA) is 71.9 Å². The molecule has 1 N–H and O–H groups in total. The lowest BCUT2D eigenvalue weighted by atomic mass is 10.0. The van der Waals surface area contributed by atoms with Crippen molar-refractivity contribution in [3.8, 4) is 0 Å². The van der Waals surface area contributed by atoms with E-state index in [1.54, 1.807) is 0 Å². The molecule has 1 heterocycles. The Kier molecular flexibility index (Phi) is 3.21. The van der Waals surface area contributed by atoms with Gasteiger partial charge in [0, 0.05) is 18.9 Å². The van der Waals surface area contributed by atoms with Crippen LogP contribution in [-0.2, 0) is 11.3 Å². The van der Waals surface area contributed by atoms with Gasteiger partial charge >= 0.3 is 5.69 Å². The van der Waals surface area contributed by atoms with Crippen molar-refractivity contribution in [1.82, 2.24) is 9.55 Å². The van der Waals surface area contributed by atoms with Gasteiger partial charge in [-0.1, -0.05) is 0 Å². The van der Waals surface area contributed by atoms with Gasteiger partial charge in [-0.15, -0.1) is 0 Å². The molecule has 1 aliphatic rings. The zero-order valence-corrected chi connectivity index (χ0v) is 9.24. The molecule has 0 amide bonds. The fourth-order valence-corrected chi connectivity index (χ4v) is 2.14. The summed E-state index contributed by atoms with van der Waals surface area (Å²) in [5.74, 6) is -0.804. The van der Waals surface area contributed by atoms with Crippen LogP contribution in [0.5, 0.6) is 0 Å². The number of carbonyl (C=O) groups excluding carboxylic acids is 1. The van der Waals surface area contributed by atoms with Gasteiger partial charge in [-0.25, -0.2) is 4.79 Å². The summed E-state index contributed by atoms with van der Waals surface area (Å²) in [5.41, 5.74) is -1.65. The highest BCUT2D eigenvalue weighted by Crippen LogP contribution is 2.24. The van der Waals surface area contributed by atoms with Crippen LogP contribution in [0.1, 0.15) is 25.7 Å². The summed E-state index contributed by atoms with van der Waals surface area (Å²) >= 11 is 0. The van der Waals surface area contributed by atoms with Crippen LogP contribution < -0.4 is 11.2 Å². The van der Waals surface area contributed by atoms with Gasteiger partial charge in [-0.3, -0.25) is 19.1 Å². The van der Waals surface area contributed by atoms with Crippen molar-refractivity contribution in [1.29, 1.82) is 0 Å². The lowest BCUT2D eigenvalue weighted by molar-refractivity contribution is -0.120. The first-order chi connectivity index (χ1) is 8.08. The zero-order valence-electron chi connectivity index (χ0n) is 9.24. The van der Waals surface area contributed by atoms with Crippen LogP contribution in [0, 0.1) is 11.7 Å². The van der Waals surface area contributed by atoms with E-state index in [0.717, 1.165) is 23.6 Å². The summed E-state index contributed by atoms with van der Waals surface area (Å²) in [6.07, 6.45) is 3.72. The molecule has 0 aliphatic heterocycles. The SMILES string of the molecule is O=C1CCCC1CCn1cc(F)c(=O)[nH]c1=O. The highest BCUT2D eigenvalue weighted by atomic mass is 19.1. The molecule has 1 atom stereocenters. The second kappa shape index (κ2) is 4.65. The van der Waals surface area contributed by atoms with Crippen molar-refractivity contribution in [2.75, 3.05) is 0 Å². The summed E-state index contributed by atoms with van der Waals surface area (Å²) < 4.78 is 14.1. The standard InChI is InChI=1S/C11H13FN2O3/c12-8-6-14(11(17)13-10(8)16)5-4-7-2-1-3-9(7)15/h6-7H,1-5H2,(H,13,16,17). The first-order valence-electron chi connectivity index (χ1n) is 5.60. The maximum atomic E-state index is 13.0. The number of ketones is 1. The predicted molar refractivity (Wildman–Crippen MR) is 58.2 cm³/mol. The van der Waals surface area contributed by atoms with E-state index in [1.165, 1.54) is 0 Å². The number of aryl methyl sites for hydroxylation is 1. The molecule has 2 rings (SSSR count). The third-order valence-corrected chi connectivity index (χ3v) is 3.12. The highest BCUT2D eigenvalue weighted by molar-refractivity contribution is 5.82. The van der Waals surface area contributed by atoms with Crippen LogP contribution >= 0.6 is 0 Å². The number of hydrogen-bond donors (Lipinski definition) is 1. The molecule has 0 radical (unpaired) electrons. The number of H-pyrrole nitrogens is 1. The van der Waals surface area contributed by atoms with Gasteiger partial charge in [-0.05, 0) is 19.3 Å². The molecule has 17 heavy (non-hydrogen) atoms. The number of halogens is 1. The minimum Gasteiger partial charge on any atom is -0.299 e. The van der Waals surface area contributed by atoms with Crippen molar-refractivity contribution < 1.29 is 9.18 Å². The maximum Gasteiger partial charge on any atom is 0.328 e. The minimum atomic E-state index is -1.01. The molecule has 0 saturated heterocycles. The molecule has 0 spiro atoms. The van der Waals surface area contributed by atoms with Crippen LogP contribution in [0.15, 0.2) is 15.8 Å². The molecule has 1 saturated carbocycles. The Balaban J connectivity index is 2.09. The lowest BCUT2D eigenvalue weighted by Crippen LogP contribution is -2.32. The largest absolute Gasteiger partial charge is 0.328 e. The number of aromatic nitrogens is 2. The highest BCUT2D eigenvalue weighted by Gasteiger charge is 2.23. The van der Waals surface area contributed by atoms with Gasteiger partial charge < -0.3 is 0 Å². The van der Waals surface area contributed by atoms with E-state index >= 15 is 0 Å². The van der Waals surface area contributed by atoms with Crippen molar-refractivity contribution in [2.45, 2.75) is 32.2 Å². The van der Waals surface area contributed by atoms with E-state index in [4.69, 9.17) is 0 Å². The molecule has 0 bridgehead atoms. The fraction of sp³-hybridized carbons (Fsp3) is 0.545. The van der Waals surface area contributed by atoms with E-state index in [1.807, 2.05) is 4.98 Å². The monoisotopic (exact) mass is 240 g/mol. The molecule has 1 aromatic rings. The van der Waals surface area contributed by atoms with E-state index in [-0.39, 0.29) is 18.2 Å². The van der Waals surface area contributed by atoms with Crippen LogP contribution in [0.25, 0.3) is 0 Å². The summed E-state index contributed by atoms with van der Waals surface area (Å²) in [4.78, 5) is 35.4. The summed E-state index contributed by atoms with van der Waals surface area (Å²) in [5, 5.41) is 0. The van der Waals surface area contributed by atoms with E-state index in [0.29, 0.717) is 12.8 Å². The van der Waals surface area contributed by atoms with Crippen LogP contribution in [0.3, 0.4) is 0 Å². The maximum absolute atomic E-state index is 13.0. The Hall–Kier alpha value is -1.72. The number of aromatic amines is 1. The number of nitrogens with zero attached hydrogens (tertiary/aromatic N) is 1. The molecular weight excluding hydrogens is 227 g/mol. The Labute approximate surface area is 96.3 Å². The molecule has 1 unspecified atom stereocenters. The fourth-order valence-electron chi connectivity index (χ4n) is 2.14. The lowest BCUT2D eigenvalue weighted by Gasteiger charge is -2.09. The quantitative estimate of drug-likeness (QED) is 0.833. The van der Waals surface area contributed by atoms with Crippen LogP contribution in [0.4, 0.5) is 4.39 Å². The number of carbonyl (C=O) groups is 1. The summed E-state index contributed by atoms with van der Waals surface area (Å²) in [7, 11) is 0. The second-order valence-corrected chi connectivity index (χ2v) is 4.27. The van der Waals surface area contributed by atoms with Crippen molar-refractivity contribution >= 4 is 5.78 Å². The van der Waals surface area contributed by atoms with Gasteiger partial charge in [-0.2, -0.15) is 4.39 Å². The van der Waals surface area contributed by atoms with Gasteiger partial charge in [0.2, 0.25) is 5.82 Å². The molecule has 92 valence electrons. The minimum absolute atomic E-state index is 0.0307. The van der Waals surface area contributed by atoms with E-state index in [2.05, 4.69) is 0 Å². The van der Waals surface area contributed by atoms with Crippen molar-refractivity contribution in [3.63, 3.8) is 0 Å². The molecule has 1 fully saturated rings. The third kappa shape index (κ3) is 2.51. The Morgan fingerprint density at radius 1 is 1.41 bits per heavy atom. The number of rotatable bonds is 3. The molecule has 1 aromatic heterocycles. The van der Waals surface area contributed by atoms with Gasteiger partial charge in [0.15, 0.2) is 0 Å². The third-order valence-electron chi connectivity index (χ3n) is 3.12. The summed E-state index contributed by atoms with van der Waals surface area (Å²) in [6, 6.07) is 0. The molecule has 5 nitrogen and oxygen atoms in total. The number of hydrogen-bond acceptors (Lipinski definition) is 3. The Bertz CT molecular complexity index is 546. The average Bonchev–Trinajstić information content (AvgIpc) is 2.68. The number of Topliss-reactive ketones (excluding diaryl/α,β-unsaturated/α-hetero) is 1. The second-order valence-electron chi connectivity index (χ2n) is 4.27. The van der Waals surface area contributed by atoms with E-state index < -0.39 is 17.1 Å². The smallest absolute Gasteiger partial charge is 0.299 e. The molecule has 6 heteroatoms. The summed E-state index contributed by atoms with van der Waals surface area (Å²) in [6.45, 7) is 0.253. The van der Waals surface area contributed by atoms with Crippen LogP contribution in [-0.4, -0.2) is 15.3 Å². The first-order valence-corrected chi connectivity index (χ1v) is 5.60. The van der Waals surface area contributed by atoms with Crippen molar-refractivity contribution in [2.24, 2.45) is 5.92 Å². The van der Waals surface area contributed by atoms with Gasteiger partial charge in [0.25, 0.3) is 5.56 Å². The van der Waals surface area contributed by atoms with Crippen molar-refractivity contribution in [3.05, 3.63) is 32.9 Å². The van der Waals surface area contributed by atoms with Gasteiger partial charge in [0.1, 0.15) is 5.78 Å².